The molecule has 4 nitrogen and oxygen atoms in total. The second-order valence-corrected chi connectivity index (χ2v) is 4.46. The number of rotatable bonds is 1. The Morgan fingerprint density at radius 1 is 1.06 bits per heavy atom. The highest BCUT2D eigenvalue weighted by Gasteiger charge is 2.13. The second kappa shape index (κ2) is 5.14. The fourth-order valence-corrected chi connectivity index (χ4v) is 2.23. The van der Waals surface area contributed by atoms with Crippen LogP contribution >= 0.6 is 0 Å². The standard InChI is InChI=1S/C12H20N4/c1-10-11(13)14-9-15-12(10)16-7-5-3-2-4-6-8-16/h9H,2-8H2,1H3,(H2,13,14,15). The van der Waals surface area contributed by atoms with Gasteiger partial charge in [0.2, 0.25) is 0 Å². The van der Waals surface area contributed by atoms with Crippen molar-refractivity contribution in [1.29, 1.82) is 0 Å². The van der Waals surface area contributed by atoms with Crippen LogP contribution in [-0.4, -0.2) is 23.1 Å². The molecule has 2 N–H and O–H groups in total. The van der Waals surface area contributed by atoms with Crippen LogP contribution in [0.4, 0.5) is 11.6 Å². The van der Waals surface area contributed by atoms with Crippen molar-refractivity contribution in [3.8, 4) is 0 Å². The molecule has 0 amide bonds. The molecular weight excluding hydrogens is 200 g/mol. The van der Waals surface area contributed by atoms with Crippen LogP contribution in [0, 0.1) is 6.92 Å². The van der Waals surface area contributed by atoms with Gasteiger partial charge in [-0.2, -0.15) is 0 Å². The van der Waals surface area contributed by atoms with E-state index < -0.39 is 0 Å². The summed E-state index contributed by atoms with van der Waals surface area (Å²) in [6.45, 7) is 4.19. The third-order valence-corrected chi connectivity index (χ3v) is 3.25. The predicted molar refractivity (Wildman–Crippen MR) is 66.5 cm³/mol. The Labute approximate surface area is 96.9 Å². The molecule has 1 aliphatic rings. The minimum atomic E-state index is 0.604. The lowest BCUT2D eigenvalue weighted by Crippen LogP contribution is -2.28. The molecule has 1 aliphatic heterocycles. The van der Waals surface area contributed by atoms with Crippen molar-refractivity contribution in [1.82, 2.24) is 9.97 Å². The first kappa shape index (κ1) is 11.2. The Morgan fingerprint density at radius 3 is 2.38 bits per heavy atom. The molecule has 0 aliphatic carbocycles. The zero-order chi connectivity index (χ0) is 11.4. The molecule has 88 valence electrons. The van der Waals surface area contributed by atoms with Crippen molar-refractivity contribution in [2.24, 2.45) is 0 Å². The van der Waals surface area contributed by atoms with Gasteiger partial charge in [-0.05, 0) is 19.8 Å². The Hall–Kier alpha value is -1.32. The molecule has 1 aromatic rings. The van der Waals surface area contributed by atoms with Gasteiger partial charge >= 0.3 is 0 Å². The first-order valence-electron chi connectivity index (χ1n) is 6.11. The molecule has 2 heterocycles. The summed E-state index contributed by atoms with van der Waals surface area (Å²) in [4.78, 5) is 10.7. The molecule has 0 saturated carbocycles. The van der Waals surface area contributed by atoms with Crippen LogP contribution in [0.2, 0.25) is 0 Å². The molecule has 1 saturated heterocycles. The highest BCUT2D eigenvalue weighted by atomic mass is 15.2. The van der Waals surface area contributed by atoms with E-state index in [2.05, 4.69) is 14.9 Å². The summed E-state index contributed by atoms with van der Waals surface area (Å²) in [5.74, 6) is 1.63. The molecule has 0 unspecified atom stereocenters. The summed E-state index contributed by atoms with van der Waals surface area (Å²) in [5.41, 5.74) is 6.84. The average molecular weight is 220 g/mol. The van der Waals surface area contributed by atoms with Crippen LogP contribution in [0.25, 0.3) is 0 Å². The fourth-order valence-electron chi connectivity index (χ4n) is 2.23. The van der Waals surface area contributed by atoms with Crippen molar-refractivity contribution in [2.45, 2.75) is 39.0 Å². The van der Waals surface area contributed by atoms with Crippen LogP contribution in [-0.2, 0) is 0 Å². The van der Waals surface area contributed by atoms with E-state index in [-0.39, 0.29) is 0 Å². The molecule has 2 rings (SSSR count). The topological polar surface area (TPSA) is 55.0 Å². The maximum Gasteiger partial charge on any atom is 0.137 e. The Kier molecular flexibility index (Phi) is 3.59. The summed E-state index contributed by atoms with van der Waals surface area (Å²) in [6.07, 6.45) is 8.11. The zero-order valence-corrected chi connectivity index (χ0v) is 9.95. The maximum absolute atomic E-state index is 5.82. The quantitative estimate of drug-likeness (QED) is 0.787. The van der Waals surface area contributed by atoms with E-state index in [1.807, 2.05) is 6.92 Å². The molecule has 16 heavy (non-hydrogen) atoms. The molecule has 4 heteroatoms. The molecule has 0 aromatic carbocycles. The minimum Gasteiger partial charge on any atom is -0.383 e. The van der Waals surface area contributed by atoms with Gasteiger partial charge in [-0.1, -0.05) is 19.3 Å². The summed E-state index contributed by atoms with van der Waals surface area (Å²) in [7, 11) is 0. The molecule has 0 atom stereocenters. The normalized spacial score (nSPS) is 17.9. The summed E-state index contributed by atoms with van der Waals surface area (Å²) in [6, 6.07) is 0. The van der Waals surface area contributed by atoms with Gasteiger partial charge in [0.05, 0.1) is 0 Å². The summed E-state index contributed by atoms with van der Waals surface area (Å²) >= 11 is 0. The maximum atomic E-state index is 5.82. The largest absolute Gasteiger partial charge is 0.383 e. The smallest absolute Gasteiger partial charge is 0.137 e. The van der Waals surface area contributed by atoms with Crippen molar-refractivity contribution in [3.05, 3.63) is 11.9 Å². The van der Waals surface area contributed by atoms with Crippen molar-refractivity contribution in [2.75, 3.05) is 23.7 Å². The molecule has 1 aromatic heterocycles. The van der Waals surface area contributed by atoms with E-state index in [1.54, 1.807) is 6.33 Å². The van der Waals surface area contributed by atoms with Crippen molar-refractivity contribution >= 4 is 11.6 Å². The Morgan fingerprint density at radius 2 is 1.69 bits per heavy atom. The monoisotopic (exact) mass is 220 g/mol. The van der Waals surface area contributed by atoms with E-state index in [9.17, 15) is 0 Å². The Bertz CT molecular complexity index is 343. The predicted octanol–water partition coefficient (Wildman–Crippen LogP) is 2.14. The van der Waals surface area contributed by atoms with E-state index in [0.717, 1.165) is 24.5 Å². The lowest BCUT2D eigenvalue weighted by atomic mass is 10.1. The lowest BCUT2D eigenvalue weighted by molar-refractivity contribution is 0.553. The number of hydrogen-bond donors (Lipinski definition) is 1. The minimum absolute atomic E-state index is 0.604. The molecule has 1 fully saturated rings. The first-order valence-corrected chi connectivity index (χ1v) is 6.11. The zero-order valence-electron chi connectivity index (χ0n) is 9.95. The van der Waals surface area contributed by atoms with Crippen LogP contribution in [0.5, 0.6) is 0 Å². The Balaban J connectivity index is 2.17. The van der Waals surface area contributed by atoms with Gasteiger partial charge in [0.25, 0.3) is 0 Å². The number of nitrogens with two attached hydrogens (primary N) is 1. The third-order valence-electron chi connectivity index (χ3n) is 3.25. The van der Waals surface area contributed by atoms with Crippen molar-refractivity contribution < 1.29 is 0 Å². The fraction of sp³-hybridized carbons (Fsp3) is 0.667. The van der Waals surface area contributed by atoms with Crippen LogP contribution in [0.15, 0.2) is 6.33 Å². The van der Waals surface area contributed by atoms with E-state index in [4.69, 9.17) is 5.73 Å². The molecule has 0 radical (unpaired) electrons. The van der Waals surface area contributed by atoms with Gasteiger partial charge in [-0.3, -0.25) is 0 Å². The summed E-state index contributed by atoms with van der Waals surface area (Å²) < 4.78 is 0. The average Bonchev–Trinajstić information content (AvgIpc) is 2.23. The van der Waals surface area contributed by atoms with E-state index in [0.29, 0.717) is 5.82 Å². The second-order valence-electron chi connectivity index (χ2n) is 4.46. The lowest BCUT2D eigenvalue weighted by Gasteiger charge is -2.27. The van der Waals surface area contributed by atoms with Gasteiger partial charge < -0.3 is 10.6 Å². The van der Waals surface area contributed by atoms with Crippen LogP contribution in [0.3, 0.4) is 0 Å². The number of anilines is 2. The van der Waals surface area contributed by atoms with Gasteiger partial charge in [-0.15, -0.1) is 0 Å². The number of nitrogen functional groups attached to an aromatic ring is 1. The van der Waals surface area contributed by atoms with Crippen LogP contribution in [0.1, 0.15) is 37.7 Å². The number of hydrogen-bond acceptors (Lipinski definition) is 4. The third kappa shape index (κ3) is 2.43. The summed E-state index contributed by atoms with van der Waals surface area (Å²) in [5, 5.41) is 0. The van der Waals surface area contributed by atoms with Gasteiger partial charge in [-0.25, -0.2) is 9.97 Å². The number of aromatic nitrogens is 2. The first-order chi connectivity index (χ1) is 7.79. The van der Waals surface area contributed by atoms with Gasteiger partial charge in [0.15, 0.2) is 0 Å². The van der Waals surface area contributed by atoms with Gasteiger partial charge in [0.1, 0.15) is 18.0 Å². The van der Waals surface area contributed by atoms with Gasteiger partial charge in [0, 0.05) is 18.7 Å². The number of nitrogens with zero attached hydrogens (tertiary/aromatic N) is 3. The highest BCUT2D eigenvalue weighted by Crippen LogP contribution is 2.22. The van der Waals surface area contributed by atoms with Crippen LogP contribution < -0.4 is 10.6 Å². The molecule has 0 spiro atoms. The highest BCUT2D eigenvalue weighted by molar-refractivity contribution is 5.55. The van der Waals surface area contributed by atoms with E-state index >= 15 is 0 Å². The molecular formula is C12H20N4. The van der Waals surface area contributed by atoms with Crippen molar-refractivity contribution in [3.63, 3.8) is 0 Å². The van der Waals surface area contributed by atoms with E-state index in [1.165, 1.54) is 32.1 Å². The molecule has 0 bridgehead atoms. The SMILES string of the molecule is Cc1c(N)ncnc1N1CCCCCCC1.